The number of hydrogen-bond donors (Lipinski definition) is 0. The maximum absolute atomic E-state index is 2.21. The van der Waals surface area contributed by atoms with Crippen molar-refractivity contribution in [2.75, 3.05) is 0 Å². The Labute approximate surface area is 137 Å². The molecule has 0 fully saturated rings. The second-order valence-electron chi connectivity index (χ2n) is 5.05. The van der Waals surface area contributed by atoms with Crippen LogP contribution in [0, 0.1) is 0 Å². The third kappa shape index (κ3) is 2.39. The average Bonchev–Trinajstić information content (AvgIpc) is 2.54. The van der Waals surface area contributed by atoms with Gasteiger partial charge in [-0.1, -0.05) is 84.9 Å². The second kappa shape index (κ2) is 5.79. The van der Waals surface area contributed by atoms with E-state index in [1.165, 1.54) is 32.7 Å². The van der Waals surface area contributed by atoms with Crippen molar-refractivity contribution in [1.82, 2.24) is 0 Å². The Balaban J connectivity index is 0.00000132. The first-order chi connectivity index (χ1) is 9.93. The van der Waals surface area contributed by atoms with Gasteiger partial charge >= 0.3 is 19.5 Å². The molecular formula is C20H14Ru+2. The van der Waals surface area contributed by atoms with E-state index in [1.54, 1.807) is 0 Å². The van der Waals surface area contributed by atoms with Crippen molar-refractivity contribution in [2.24, 2.45) is 0 Å². The molecule has 0 unspecified atom stereocenters. The summed E-state index contributed by atoms with van der Waals surface area (Å²) in [5.41, 5.74) is 2.61. The Morgan fingerprint density at radius 3 is 1.24 bits per heavy atom. The van der Waals surface area contributed by atoms with Gasteiger partial charge in [-0.25, -0.2) is 0 Å². The summed E-state index contributed by atoms with van der Waals surface area (Å²) in [7, 11) is 0. The molecule has 0 bridgehead atoms. The molecule has 1 heteroatoms. The molecule has 0 atom stereocenters. The van der Waals surface area contributed by atoms with Gasteiger partial charge < -0.3 is 0 Å². The molecule has 0 aliphatic rings. The van der Waals surface area contributed by atoms with E-state index in [4.69, 9.17) is 0 Å². The standard InChI is InChI=1S/C20H14.Ru/c1-3-11-17-15(7-1)9-5-13-19(17)20-14-6-10-16-8-2-4-12-18(16)20;/h1-14H;/q;+2. The molecule has 4 aromatic rings. The zero-order valence-corrected chi connectivity index (χ0v) is 13.2. The van der Waals surface area contributed by atoms with Crippen molar-refractivity contribution in [2.45, 2.75) is 0 Å². The van der Waals surface area contributed by atoms with E-state index < -0.39 is 0 Å². The number of hydrogen-bond acceptors (Lipinski definition) is 0. The zero-order valence-electron chi connectivity index (χ0n) is 11.4. The Bertz CT molecular complexity index is 821. The van der Waals surface area contributed by atoms with E-state index in [0.717, 1.165) is 0 Å². The maximum Gasteiger partial charge on any atom is 2.00 e. The molecular weight excluding hydrogens is 341 g/mol. The van der Waals surface area contributed by atoms with Gasteiger partial charge in [0.25, 0.3) is 0 Å². The fourth-order valence-corrected chi connectivity index (χ4v) is 2.92. The quantitative estimate of drug-likeness (QED) is 0.387. The van der Waals surface area contributed by atoms with Crippen LogP contribution in [0.25, 0.3) is 32.7 Å². The largest absolute Gasteiger partial charge is 2.00 e. The third-order valence-electron chi connectivity index (χ3n) is 3.87. The van der Waals surface area contributed by atoms with Crippen LogP contribution in [0.4, 0.5) is 0 Å². The Hall–Kier alpha value is -1.98. The summed E-state index contributed by atoms with van der Waals surface area (Å²) >= 11 is 0. The first-order valence-electron chi connectivity index (χ1n) is 6.89. The Morgan fingerprint density at radius 2 is 0.762 bits per heavy atom. The number of fused-ring (bicyclic) bond motifs is 2. The first kappa shape index (κ1) is 14.0. The molecule has 100 valence electrons. The van der Waals surface area contributed by atoms with Crippen molar-refractivity contribution < 1.29 is 19.5 Å². The summed E-state index contributed by atoms with van der Waals surface area (Å²) < 4.78 is 0. The molecule has 0 radical (unpaired) electrons. The summed E-state index contributed by atoms with van der Waals surface area (Å²) in [6.07, 6.45) is 0. The summed E-state index contributed by atoms with van der Waals surface area (Å²) in [4.78, 5) is 0. The van der Waals surface area contributed by atoms with Gasteiger partial charge in [-0.05, 0) is 32.7 Å². The van der Waals surface area contributed by atoms with Crippen molar-refractivity contribution in [1.29, 1.82) is 0 Å². The van der Waals surface area contributed by atoms with E-state index in [0.29, 0.717) is 0 Å². The number of benzene rings is 4. The minimum atomic E-state index is 0. The number of rotatable bonds is 1. The predicted molar refractivity (Wildman–Crippen MR) is 86.9 cm³/mol. The van der Waals surface area contributed by atoms with E-state index >= 15 is 0 Å². The Morgan fingerprint density at radius 1 is 0.381 bits per heavy atom. The van der Waals surface area contributed by atoms with Crippen molar-refractivity contribution >= 4 is 21.5 Å². The van der Waals surface area contributed by atoms with Gasteiger partial charge in [-0.2, -0.15) is 0 Å². The molecule has 4 rings (SSSR count). The SMILES string of the molecule is [Ru+2].c1ccc2c(-c3cccc4ccccc34)cccc2c1. The summed E-state index contributed by atoms with van der Waals surface area (Å²) in [6, 6.07) is 30.2. The van der Waals surface area contributed by atoms with Crippen LogP contribution < -0.4 is 0 Å². The average molecular weight is 355 g/mol. The molecule has 0 saturated heterocycles. The predicted octanol–water partition coefficient (Wildman–Crippen LogP) is 5.66. The molecule has 4 aromatic carbocycles. The van der Waals surface area contributed by atoms with Crippen molar-refractivity contribution in [3.05, 3.63) is 84.9 Å². The molecule has 0 N–H and O–H groups in total. The van der Waals surface area contributed by atoms with Crippen LogP contribution in [0.3, 0.4) is 0 Å². The van der Waals surface area contributed by atoms with Gasteiger partial charge in [0.05, 0.1) is 0 Å². The van der Waals surface area contributed by atoms with Crippen LogP contribution in [0.5, 0.6) is 0 Å². The normalized spacial score (nSPS) is 10.5. The minimum absolute atomic E-state index is 0. The molecule has 0 spiro atoms. The van der Waals surface area contributed by atoms with Crippen LogP contribution in [-0.4, -0.2) is 0 Å². The molecule has 0 nitrogen and oxygen atoms in total. The Kier molecular flexibility index (Phi) is 3.86. The fraction of sp³-hybridized carbons (Fsp3) is 0. The topological polar surface area (TPSA) is 0 Å². The third-order valence-corrected chi connectivity index (χ3v) is 3.87. The smallest absolute Gasteiger partial charge is 0.0616 e. The van der Waals surface area contributed by atoms with Gasteiger partial charge in [-0.3, -0.25) is 0 Å². The van der Waals surface area contributed by atoms with E-state index in [1.807, 2.05) is 0 Å². The van der Waals surface area contributed by atoms with Gasteiger partial charge in [0.1, 0.15) is 0 Å². The van der Waals surface area contributed by atoms with Crippen LogP contribution in [0.2, 0.25) is 0 Å². The fourth-order valence-electron chi connectivity index (χ4n) is 2.92. The molecule has 0 amide bonds. The second-order valence-corrected chi connectivity index (χ2v) is 5.05. The molecule has 21 heavy (non-hydrogen) atoms. The van der Waals surface area contributed by atoms with Gasteiger partial charge in [0.15, 0.2) is 0 Å². The van der Waals surface area contributed by atoms with Crippen LogP contribution in [0.1, 0.15) is 0 Å². The zero-order chi connectivity index (χ0) is 13.4. The van der Waals surface area contributed by atoms with E-state index in [9.17, 15) is 0 Å². The monoisotopic (exact) mass is 356 g/mol. The molecule has 0 aliphatic heterocycles. The van der Waals surface area contributed by atoms with Crippen molar-refractivity contribution in [3.8, 4) is 11.1 Å². The van der Waals surface area contributed by atoms with Crippen LogP contribution in [-0.2, 0) is 19.5 Å². The van der Waals surface area contributed by atoms with Crippen LogP contribution in [0.15, 0.2) is 84.9 Å². The first-order valence-corrected chi connectivity index (χ1v) is 6.89. The molecule has 0 heterocycles. The van der Waals surface area contributed by atoms with Gasteiger partial charge in [-0.15, -0.1) is 0 Å². The van der Waals surface area contributed by atoms with Crippen molar-refractivity contribution in [3.63, 3.8) is 0 Å². The minimum Gasteiger partial charge on any atom is -0.0616 e. The van der Waals surface area contributed by atoms with Gasteiger partial charge in [0, 0.05) is 0 Å². The molecule has 0 aromatic heterocycles. The molecule has 0 saturated carbocycles. The van der Waals surface area contributed by atoms with Gasteiger partial charge in [0.2, 0.25) is 0 Å². The van der Waals surface area contributed by atoms with E-state index in [-0.39, 0.29) is 19.5 Å². The van der Waals surface area contributed by atoms with Crippen LogP contribution >= 0.6 is 0 Å². The summed E-state index contributed by atoms with van der Waals surface area (Å²) in [5.74, 6) is 0. The van der Waals surface area contributed by atoms with E-state index in [2.05, 4.69) is 84.9 Å². The summed E-state index contributed by atoms with van der Waals surface area (Å²) in [6.45, 7) is 0. The molecule has 0 aliphatic carbocycles. The maximum atomic E-state index is 2.21. The summed E-state index contributed by atoms with van der Waals surface area (Å²) in [5, 5.41) is 5.20.